The van der Waals surface area contributed by atoms with Crippen LogP contribution in [0.4, 0.5) is 0 Å². The predicted molar refractivity (Wildman–Crippen MR) is 71.2 cm³/mol. The maximum atomic E-state index is 11.9. The molecule has 0 fully saturated rings. The Kier molecular flexibility index (Phi) is 5.08. The van der Waals surface area contributed by atoms with Gasteiger partial charge in [0.1, 0.15) is 0 Å². The molecule has 2 atom stereocenters. The number of hydrogen-bond acceptors (Lipinski definition) is 4. The minimum absolute atomic E-state index is 0.0169. The van der Waals surface area contributed by atoms with E-state index in [-0.39, 0.29) is 17.9 Å². The molecule has 1 rings (SSSR count). The zero-order valence-corrected chi connectivity index (χ0v) is 11.9. The van der Waals surface area contributed by atoms with Crippen LogP contribution >= 0.6 is 11.3 Å². The van der Waals surface area contributed by atoms with Crippen LogP contribution < -0.4 is 10.6 Å². The first kappa shape index (κ1) is 14.1. The van der Waals surface area contributed by atoms with Gasteiger partial charge in [0.15, 0.2) is 0 Å². The molecule has 0 aliphatic rings. The molecule has 0 bridgehead atoms. The molecule has 0 radical (unpaired) electrons. The predicted octanol–water partition coefficient (Wildman–Crippen LogP) is 1.79. The van der Waals surface area contributed by atoms with Crippen LogP contribution in [0.15, 0.2) is 0 Å². The number of aryl methyl sites for hydroxylation is 2. The smallest absolute Gasteiger partial charge is 0.224 e. The van der Waals surface area contributed by atoms with Crippen molar-refractivity contribution in [3.63, 3.8) is 0 Å². The number of nitrogens with zero attached hydrogens (tertiary/aromatic N) is 1. The normalized spacial score (nSPS) is 14.4. The highest BCUT2D eigenvalue weighted by atomic mass is 32.1. The summed E-state index contributed by atoms with van der Waals surface area (Å²) in [6, 6.07) is 0.0352. The fourth-order valence-electron chi connectivity index (χ4n) is 1.77. The van der Waals surface area contributed by atoms with Crippen LogP contribution in [0.25, 0.3) is 0 Å². The molecular formula is C12H21N3OS. The van der Waals surface area contributed by atoms with E-state index in [1.807, 2.05) is 34.7 Å². The third-order valence-electron chi connectivity index (χ3n) is 2.65. The lowest BCUT2D eigenvalue weighted by molar-refractivity contribution is -0.125. The summed E-state index contributed by atoms with van der Waals surface area (Å²) < 4.78 is 0. The van der Waals surface area contributed by atoms with E-state index >= 15 is 0 Å². The van der Waals surface area contributed by atoms with Crippen molar-refractivity contribution in [3.8, 4) is 0 Å². The quantitative estimate of drug-likeness (QED) is 0.843. The van der Waals surface area contributed by atoms with Crippen LogP contribution in [-0.4, -0.2) is 24.5 Å². The molecule has 0 saturated carbocycles. The Labute approximate surface area is 107 Å². The summed E-state index contributed by atoms with van der Waals surface area (Å²) in [6.07, 6.45) is 0. The van der Waals surface area contributed by atoms with E-state index in [2.05, 4.69) is 15.6 Å². The lowest BCUT2D eigenvalue weighted by atomic mass is 10.1. The SMILES string of the molecule is CNCC(C)C(=O)NC(C)c1sc(C)nc1C. The van der Waals surface area contributed by atoms with E-state index in [1.54, 1.807) is 11.3 Å². The molecular weight excluding hydrogens is 234 g/mol. The highest BCUT2D eigenvalue weighted by Gasteiger charge is 2.18. The molecule has 1 heterocycles. The second-order valence-corrected chi connectivity index (χ2v) is 5.61. The first-order valence-electron chi connectivity index (χ1n) is 5.84. The van der Waals surface area contributed by atoms with Gasteiger partial charge in [0.25, 0.3) is 0 Å². The fraction of sp³-hybridized carbons (Fsp3) is 0.667. The van der Waals surface area contributed by atoms with E-state index in [1.165, 1.54) is 0 Å². The van der Waals surface area contributed by atoms with Crippen molar-refractivity contribution in [2.45, 2.75) is 33.7 Å². The van der Waals surface area contributed by atoms with E-state index < -0.39 is 0 Å². The van der Waals surface area contributed by atoms with Gasteiger partial charge in [-0.05, 0) is 27.8 Å². The van der Waals surface area contributed by atoms with Gasteiger partial charge in [-0.2, -0.15) is 0 Å². The Morgan fingerprint density at radius 1 is 1.41 bits per heavy atom. The second kappa shape index (κ2) is 6.12. The van der Waals surface area contributed by atoms with E-state index in [4.69, 9.17) is 0 Å². The largest absolute Gasteiger partial charge is 0.348 e. The molecule has 17 heavy (non-hydrogen) atoms. The van der Waals surface area contributed by atoms with Gasteiger partial charge in [-0.1, -0.05) is 6.92 Å². The summed E-state index contributed by atoms with van der Waals surface area (Å²) in [5.74, 6) is 0.0640. The van der Waals surface area contributed by atoms with Crippen LogP contribution in [0, 0.1) is 19.8 Å². The van der Waals surface area contributed by atoms with Gasteiger partial charge >= 0.3 is 0 Å². The van der Waals surface area contributed by atoms with Gasteiger partial charge in [-0.25, -0.2) is 4.98 Å². The van der Waals surface area contributed by atoms with Gasteiger partial charge < -0.3 is 10.6 Å². The molecule has 5 heteroatoms. The van der Waals surface area contributed by atoms with Gasteiger partial charge in [-0.15, -0.1) is 11.3 Å². The number of hydrogen-bond donors (Lipinski definition) is 2. The standard InChI is InChI=1S/C12H21N3OS/c1-7(6-13-5)12(16)15-9(3)11-8(2)14-10(4)17-11/h7,9,13H,6H2,1-5H3,(H,15,16). The Balaban J connectivity index is 2.63. The summed E-state index contributed by atoms with van der Waals surface area (Å²) in [7, 11) is 1.85. The Bertz CT molecular complexity index is 389. The number of thiazole rings is 1. The molecule has 0 aliphatic carbocycles. The number of rotatable bonds is 5. The van der Waals surface area contributed by atoms with Crippen LogP contribution in [0.1, 0.15) is 35.5 Å². The van der Waals surface area contributed by atoms with E-state index in [9.17, 15) is 4.79 Å². The highest BCUT2D eigenvalue weighted by molar-refractivity contribution is 7.11. The maximum Gasteiger partial charge on any atom is 0.224 e. The van der Waals surface area contributed by atoms with Crippen molar-refractivity contribution >= 4 is 17.2 Å². The second-order valence-electron chi connectivity index (χ2n) is 4.37. The molecule has 96 valence electrons. The molecule has 0 aromatic carbocycles. The lowest BCUT2D eigenvalue weighted by Gasteiger charge is -2.16. The molecule has 0 spiro atoms. The number of amides is 1. The maximum absolute atomic E-state index is 11.9. The van der Waals surface area contributed by atoms with Crippen molar-refractivity contribution in [2.75, 3.05) is 13.6 Å². The number of aromatic nitrogens is 1. The summed E-state index contributed by atoms with van der Waals surface area (Å²) in [4.78, 5) is 17.4. The summed E-state index contributed by atoms with van der Waals surface area (Å²) in [5, 5.41) is 7.08. The molecule has 0 aliphatic heterocycles. The third-order valence-corrected chi connectivity index (χ3v) is 3.90. The number of nitrogens with one attached hydrogen (secondary N) is 2. The fourth-order valence-corrected chi connectivity index (χ4v) is 2.70. The zero-order valence-electron chi connectivity index (χ0n) is 11.1. The molecule has 4 nitrogen and oxygen atoms in total. The number of carbonyl (C=O) groups is 1. The Hall–Kier alpha value is -0.940. The first-order chi connectivity index (χ1) is 7.95. The molecule has 1 amide bonds. The molecule has 1 aromatic rings. The monoisotopic (exact) mass is 255 g/mol. The third kappa shape index (κ3) is 3.78. The van der Waals surface area contributed by atoms with E-state index in [0.29, 0.717) is 6.54 Å². The Morgan fingerprint density at radius 3 is 2.53 bits per heavy atom. The van der Waals surface area contributed by atoms with Gasteiger partial charge in [-0.3, -0.25) is 4.79 Å². The highest BCUT2D eigenvalue weighted by Crippen LogP contribution is 2.24. The van der Waals surface area contributed by atoms with Crippen molar-refractivity contribution in [1.82, 2.24) is 15.6 Å². The molecule has 2 unspecified atom stereocenters. The van der Waals surface area contributed by atoms with Crippen molar-refractivity contribution in [3.05, 3.63) is 15.6 Å². The summed E-state index contributed by atoms with van der Waals surface area (Å²) in [6.45, 7) is 8.59. The van der Waals surface area contributed by atoms with Crippen LogP contribution in [0.3, 0.4) is 0 Å². The Morgan fingerprint density at radius 2 is 2.06 bits per heavy atom. The minimum atomic E-state index is -0.0169. The zero-order chi connectivity index (χ0) is 13.0. The van der Waals surface area contributed by atoms with Crippen molar-refractivity contribution in [2.24, 2.45) is 5.92 Å². The van der Waals surface area contributed by atoms with Crippen LogP contribution in [0.5, 0.6) is 0 Å². The number of carbonyl (C=O) groups excluding carboxylic acids is 1. The molecule has 2 N–H and O–H groups in total. The van der Waals surface area contributed by atoms with Crippen LogP contribution in [-0.2, 0) is 4.79 Å². The molecule has 0 saturated heterocycles. The minimum Gasteiger partial charge on any atom is -0.348 e. The average Bonchev–Trinajstić information content (AvgIpc) is 2.58. The summed E-state index contributed by atoms with van der Waals surface area (Å²) in [5.41, 5.74) is 1.02. The van der Waals surface area contributed by atoms with Gasteiger partial charge in [0, 0.05) is 17.3 Å². The van der Waals surface area contributed by atoms with Crippen molar-refractivity contribution < 1.29 is 4.79 Å². The van der Waals surface area contributed by atoms with Crippen molar-refractivity contribution in [1.29, 1.82) is 0 Å². The summed E-state index contributed by atoms with van der Waals surface area (Å²) >= 11 is 1.65. The van der Waals surface area contributed by atoms with E-state index in [0.717, 1.165) is 15.6 Å². The topological polar surface area (TPSA) is 54.0 Å². The molecule has 1 aromatic heterocycles. The van der Waals surface area contributed by atoms with Gasteiger partial charge in [0.2, 0.25) is 5.91 Å². The lowest BCUT2D eigenvalue weighted by Crippen LogP contribution is -2.35. The van der Waals surface area contributed by atoms with Gasteiger partial charge in [0.05, 0.1) is 16.7 Å². The average molecular weight is 255 g/mol. The first-order valence-corrected chi connectivity index (χ1v) is 6.66. The van der Waals surface area contributed by atoms with Crippen LogP contribution in [0.2, 0.25) is 0 Å².